The SMILES string of the molecule is N#Cc1cccc(N2CCCC2CC(O)c2ccco2)n1. The Labute approximate surface area is 123 Å². The third kappa shape index (κ3) is 2.91. The van der Waals surface area contributed by atoms with Crippen molar-refractivity contribution in [2.24, 2.45) is 0 Å². The topological polar surface area (TPSA) is 73.3 Å². The van der Waals surface area contributed by atoms with E-state index in [0.29, 0.717) is 17.9 Å². The molecule has 5 heteroatoms. The van der Waals surface area contributed by atoms with Crippen LogP contribution in [0.4, 0.5) is 5.82 Å². The van der Waals surface area contributed by atoms with Gasteiger partial charge in [0.2, 0.25) is 0 Å². The highest BCUT2D eigenvalue weighted by molar-refractivity contribution is 5.43. The zero-order chi connectivity index (χ0) is 14.7. The molecule has 0 bridgehead atoms. The molecule has 0 spiro atoms. The van der Waals surface area contributed by atoms with Gasteiger partial charge in [-0.15, -0.1) is 0 Å². The monoisotopic (exact) mass is 283 g/mol. The van der Waals surface area contributed by atoms with Crippen LogP contribution in [0.2, 0.25) is 0 Å². The van der Waals surface area contributed by atoms with E-state index in [2.05, 4.69) is 16.0 Å². The lowest BCUT2D eigenvalue weighted by molar-refractivity contribution is 0.132. The summed E-state index contributed by atoms with van der Waals surface area (Å²) in [5, 5.41) is 19.2. The molecule has 21 heavy (non-hydrogen) atoms. The first-order chi connectivity index (χ1) is 10.3. The molecule has 5 nitrogen and oxygen atoms in total. The Morgan fingerprint density at radius 2 is 2.33 bits per heavy atom. The van der Waals surface area contributed by atoms with Gasteiger partial charge in [-0.1, -0.05) is 6.07 Å². The Hall–Kier alpha value is -2.32. The summed E-state index contributed by atoms with van der Waals surface area (Å²) >= 11 is 0. The highest BCUT2D eigenvalue weighted by Crippen LogP contribution is 2.30. The van der Waals surface area contributed by atoms with Crippen molar-refractivity contribution in [1.29, 1.82) is 5.26 Å². The molecule has 1 aliphatic heterocycles. The third-order valence-electron chi connectivity index (χ3n) is 3.89. The zero-order valence-electron chi connectivity index (χ0n) is 11.6. The molecule has 0 radical (unpaired) electrons. The first kappa shape index (κ1) is 13.7. The van der Waals surface area contributed by atoms with E-state index < -0.39 is 6.10 Å². The average Bonchev–Trinajstić information content (AvgIpc) is 3.18. The van der Waals surface area contributed by atoms with Crippen molar-refractivity contribution < 1.29 is 9.52 Å². The van der Waals surface area contributed by atoms with Gasteiger partial charge in [0.25, 0.3) is 0 Å². The molecule has 1 aliphatic rings. The summed E-state index contributed by atoms with van der Waals surface area (Å²) in [4.78, 5) is 6.53. The number of nitrogens with zero attached hydrogens (tertiary/aromatic N) is 3. The number of nitriles is 1. The van der Waals surface area contributed by atoms with Gasteiger partial charge in [0, 0.05) is 19.0 Å². The van der Waals surface area contributed by atoms with Gasteiger partial charge in [-0.2, -0.15) is 5.26 Å². The van der Waals surface area contributed by atoms with E-state index in [1.165, 1.54) is 0 Å². The van der Waals surface area contributed by atoms with E-state index in [0.717, 1.165) is 25.2 Å². The standard InChI is InChI=1S/C16H17N3O2/c17-11-12-4-1-7-16(18-12)19-8-2-5-13(19)10-14(20)15-6-3-9-21-15/h1,3-4,6-7,9,13-14,20H,2,5,8,10H2. The van der Waals surface area contributed by atoms with Crippen LogP contribution in [0.5, 0.6) is 0 Å². The second-order valence-corrected chi connectivity index (χ2v) is 5.25. The molecule has 0 saturated carbocycles. The van der Waals surface area contributed by atoms with Gasteiger partial charge in [0.15, 0.2) is 0 Å². The lowest BCUT2D eigenvalue weighted by Crippen LogP contribution is -2.31. The molecule has 2 aromatic heterocycles. The highest BCUT2D eigenvalue weighted by atomic mass is 16.4. The van der Waals surface area contributed by atoms with Crippen LogP contribution in [0.1, 0.15) is 36.8 Å². The van der Waals surface area contributed by atoms with Crippen LogP contribution in [0.3, 0.4) is 0 Å². The highest BCUT2D eigenvalue weighted by Gasteiger charge is 2.29. The summed E-state index contributed by atoms with van der Waals surface area (Å²) in [6.45, 7) is 0.900. The maximum Gasteiger partial charge on any atom is 0.142 e. The van der Waals surface area contributed by atoms with Crippen molar-refractivity contribution in [3.63, 3.8) is 0 Å². The minimum atomic E-state index is -0.607. The number of aromatic nitrogens is 1. The summed E-state index contributed by atoms with van der Waals surface area (Å²) in [5.41, 5.74) is 0.421. The van der Waals surface area contributed by atoms with Crippen LogP contribution in [-0.4, -0.2) is 22.7 Å². The van der Waals surface area contributed by atoms with Gasteiger partial charge in [0.1, 0.15) is 29.4 Å². The van der Waals surface area contributed by atoms with Crippen molar-refractivity contribution in [3.05, 3.63) is 48.0 Å². The third-order valence-corrected chi connectivity index (χ3v) is 3.89. The summed E-state index contributed by atoms with van der Waals surface area (Å²) in [7, 11) is 0. The zero-order valence-corrected chi connectivity index (χ0v) is 11.6. The van der Waals surface area contributed by atoms with Crippen LogP contribution in [0.25, 0.3) is 0 Å². The van der Waals surface area contributed by atoms with Crippen LogP contribution < -0.4 is 4.90 Å². The quantitative estimate of drug-likeness (QED) is 0.933. The molecule has 1 saturated heterocycles. The number of anilines is 1. The number of hydrogen-bond acceptors (Lipinski definition) is 5. The Bertz CT molecular complexity index is 633. The Balaban J connectivity index is 1.74. The molecular formula is C16H17N3O2. The summed E-state index contributed by atoms with van der Waals surface area (Å²) in [5.74, 6) is 1.41. The number of pyridine rings is 1. The molecule has 3 rings (SSSR count). The van der Waals surface area contributed by atoms with Crippen LogP contribution in [0.15, 0.2) is 41.0 Å². The molecule has 0 amide bonds. The van der Waals surface area contributed by atoms with Crippen LogP contribution >= 0.6 is 0 Å². The lowest BCUT2D eigenvalue weighted by atomic mass is 10.1. The maximum absolute atomic E-state index is 10.2. The van der Waals surface area contributed by atoms with Crippen molar-refractivity contribution in [3.8, 4) is 6.07 Å². The normalized spacial score (nSPS) is 19.4. The van der Waals surface area contributed by atoms with Crippen LogP contribution in [-0.2, 0) is 0 Å². The number of hydrogen-bond donors (Lipinski definition) is 1. The summed E-state index contributed by atoms with van der Waals surface area (Å²) in [6, 6.07) is 11.3. The van der Waals surface area contributed by atoms with Crippen LogP contribution in [0, 0.1) is 11.3 Å². The van der Waals surface area contributed by atoms with Gasteiger partial charge < -0.3 is 14.4 Å². The second-order valence-electron chi connectivity index (χ2n) is 5.25. The van der Waals surface area contributed by atoms with Gasteiger partial charge in [0.05, 0.1) is 6.26 Å². The van der Waals surface area contributed by atoms with E-state index in [-0.39, 0.29) is 6.04 Å². The Morgan fingerprint density at radius 3 is 3.10 bits per heavy atom. The van der Waals surface area contributed by atoms with Crippen molar-refractivity contribution in [2.75, 3.05) is 11.4 Å². The minimum absolute atomic E-state index is 0.214. The number of furan rings is 1. The first-order valence-corrected chi connectivity index (χ1v) is 7.13. The number of rotatable bonds is 4. The Kier molecular flexibility index (Phi) is 3.89. The Morgan fingerprint density at radius 1 is 1.43 bits per heavy atom. The van der Waals surface area contributed by atoms with E-state index >= 15 is 0 Å². The van der Waals surface area contributed by atoms with E-state index in [1.54, 1.807) is 24.5 Å². The maximum atomic E-state index is 10.2. The number of aliphatic hydroxyl groups excluding tert-OH is 1. The fraction of sp³-hybridized carbons (Fsp3) is 0.375. The predicted molar refractivity (Wildman–Crippen MR) is 77.6 cm³/mol. The second kappa shape index (κ2) is 5.98. The van der Waals surface area contributed by atoms with E-state index in [1.807, 2.05) is 12.1 Å². The van der Waals surface area contributed by atoms with E-state index in [9.17, 15) is 5.11 Å². The predicted octanol–water partition coefficient (Wildman–Crippen LogP) is 2.64. The molecule has 2 aromatic rings. The molecule has 3 heterocycles. The fourth-order valence-electron chi connectivity index (χ4n) is 2.88. The first-order valence-electron chi connectivity index (χ1n) is 7.13. The van der Waals surface area contributed by atoms with Gasteiger partial charge in [-0.3, -0.25) is 0 Å². The molecular weight excluding hydrogens is 266 g/mol. The summed E-state index contributed by atoms with van der Waals surface area (Å²) in [6.07, 6.45) is 3.64. The smallest absolute Gasteiger partial charge is 0.142 e. The van der Waals surface area contributed by atoms with Crippen molar-refractivity contribution in [2.45, 2.75) is 31.4 Å². The average molecular weight is 283 g/mol. The lowest BCUT2D eigenvalue weighted by Gasteiger charge is -2.27. The van der Waals surface area contributed by atoms with Crippen molar-refractivity contribution >= 4 is 5.82 Å². The fourth-order valence-corrected chi connectivity index (χ4v) is 2.88. The van der Waals surface area contributed by atoms with Gasteiger partial charge in [-0.05, 0) is 37.1 Å². The molecule has 1 N–H and O–H groups in total. The largest absolute Gasteiger partial charge is 0.467 e. The molecule has 2 atom stereocenters. The summed E-state index contributed by atoms with van der Waals surface area (Å²) < 4.78 is 5.26. The van der Waals surface area contributed by atoms with Crippen molar-refractivity contribution in [1.82, 2.24) is 4.98 Å². The number of aliphatic hydroxyl groups is 1. The molecule has 0 aromatic carbocycles. The van der Waals surface area contributed by atoms with Gasteiger partial charge in [-0.25, -0.2) is 4.98 Å². The molecule has 0 aliphatic carbocycles. The molecule has 2 unspecified atom stereocenters. The van der Waals surface area contributed by atoms with E-state index in [4.69, 9.17) is 9.68 Å². The minimum Gasteiger partial charge on any atom is -0.467 e. The molecule has 1 fully saturated rings. The molecule has 108 valence electrons. The van der Waals surface area contributed by atoms with Gasteiger partial charge >= 0.3 is 0 Å².